The molecule has 1 atom stereocenters. The third-order valence-electron chi connectivity index (χ3n) is 6.12. The summed E-state index contributed by atoms with van der Waals surface area (Å²) in [5.41, 5.74) is 3.44. The molecule has 2 aliphatic heterocycles. The Hall–Kier alpha value is -2.60. The summed E-state index contributed by atoms with van der Waals surface area (Å²) in [4.78, 5) is 16.3. The Morgan fingerprint density at radius 3 is 2.83 bits per heavy atom. The number of carbonyl (C=O) groups excluding carboxylic acids is 1. The number of unbranched alkanes of at least 4 members (excludes halogenated alkanes) is 1. The third-order valence-corrected chi connectivity index (χ3v) is 6.12. The van der Waals surface area contributed by atoms with Crippen LogP contribution in [0.25, 0.3) is 0 Å². The number of anilines is 2. The number of likely N-dealkylation sites (N-methyl/N-ethyl adjacent to an activating group) is 1. The fraction of sp³-hybridized carbons (Fsp3) is 0.458. The number of ether oxygens (including phenoxy) is 1. The second kappa shape index (κ2) is 9.47. The quantitative estimate of drug-likeness (QED) is 0.692. The van der Waals surface area contributed by atoms with Crippen molar-refractivity contribution in [1.82, 2.24) is 4.90 Å². The maximum absolute atomic E-state index is 12.9. The van der Waals surface area contributed by atoms with E-state index in [1.165, 1.54) is 30.5 Å². The van der Waals surface area contributed by atoms with Crippen LogP contribution in [0.2, 0.25) is 0 Å². The van der Waals surface area contributed by atoms with Crippen molar-refractivity contribution in [3.8, 4) is 5.75 Å². The molecule has 0 radical (unpaired) electrons. The van der Waals surface area contributed by atoms with Gasteiger partial charge >= 0.3 is 0 Å². The molecule has 160 valence electrons. The largest absolute Gasteiger partial charge is 0.494 e. The number of rotatable bonds is 7. The van der Waals surface area contributed by atoms with Crippen LogP contribution in [0.15, 0.2) is 42.5 Å². The molecular formula is C24H30FN3O2. The monoisotopic (exact) mass is 411 g/mol. The average Bonchev–Trinajstić information content (AvgIpc) is 2.77. The Labute approximate surface area is 177 Å². The average molecular weight is 412 g/mol. The summed E-state index contributed by atoms with van der Waals surface area (Å²) in [5, 5.41) is 3.35. The molecule has 2 aliphatic rings. The van der Waals surface area contributed by atoms with Crippen molar-refractivity contribution in [2.24, 2.45) is 0 Å². The maximum Gasteiger partial charge on any atom is 0.246 e. The number of carbonyl (C=O) groups is 1. The van der Waals surface area contributed by atoms with Gasteiger partial charge in [0.15, 0.2) is 0 Å². The number of amides is 1. The Bertz CT molecular complexity index is 871. The number of nitrogens with one attached hydrogen (secondary N) is 1. The minimum Gasteiger partial charge on any atom is -0.494 e. The first kappa shape index (κ1) is 20.7. The highest BCUT2D eigenvalue weighted by atomic mass is 19.1. The van der Waals surface area contributed by atoms with E-state index in [-0.39, 0.29) is 11.7 Å². The highest BCUT2D eigenvalue weighted by Crippen LogP contribution is 2.39. The Morgan fingerprint density at radius 2 is 2.00 bits per heavy atom. The van der Waals surface area contributed by atoms with Gasteiger partial charge in [-0.05, 0) is 80.6 Å². The molecule has 5 nitrogen and oxygen atoms in total. The van der Waals surface area contributed by atoms with Crippen molar-refractivity contribution < 1.29 is 13.9 Å². The first-order valence-electron chi connectivity index (χ1n) is 10.9. The highest BCUT2D eigenvalue weighted by Gasteiger charge is 2.28. The van der Waals surface area contributed by atoms with Crippen molar-refractivity contribution in [3.63, 3.8) is 0 Å². The molecule has 30 heavy (non-hydrogen) atoms. The Balaban J connectivity index is 1.28. The van der Waals surface area contributed by atoms with Gasteiger partial charge in [-0.1, -0.05) is 12.1 Å². The number of fused-ring (bicyclic) bond motifs is 1. The van der Waals surface area contributed by atoms with Gasteiger partial charge in [-0.15, -0.1) is 0 Å². The zero-order valence-electron chi connectivity index (χ0n) is 17.6. The van der Waals surface area contributed by atoms with Crippen LogP contribution >= 0.6 is 0 Å². The van der Waals surface area contributed by atoms with Crippen LogP contribution in [-0.2, 0) is 4.79 Å². The standard InChI is InChI=1S/C24H30FN3O2/c1-27-22-8-4-7-21(24(22)26-16-23(27)29)18-6-5-14-28(17-18)13-2-3-15-30-20-11-9-19(25)10-12-20/h4,7-12,18,26H,2-3,5-6,13-17H2,1H3/t18-/m0/s1. The molecule has 1 amide bonds. The fourth-order valence-electron chi connectivity index (χ4n) is 4.46. The Kier molecular flexibility index (Phi) is 6.53. The SMILES string of the molecule is CN1C(=O)CNc2c([C@H]3CCCN(CCCCOc4ccc(F)cc4)C3)cccc21. The summed E-state index contributed by atoms with van der Waals surface area (Å²) >= 11 is 0. The van der Waals surface area contributed by atoms with Crippen LogP contribution in [-0.4, -0.2) is 50.6 Å². The van der Waals surface area contributed by atoms with E-state index in [2.05, 4.69) is 22.3 Å². The lowest BCUT2D eigenvalue weighted by atomic mass is 9.88. The maximum atomic E-state index is 12.9. The summed E-state index contributed by atoms with van der Waals surface area (Å²) in [6, 6.07) is 12.5. The van der Waals surface area contributed by atoms with Gasteiger partial charge in [0.05, 0.1) is 24.5 Å². The lowest BCUT2D eigenvalue weighted by molar-refractivity contribution is -0.116. The van der Waals surface area contributed by atoms with Gasteiger partial charge in [0.2, 0.25) is 5.91 Å². The number of likely N-dealkylation sites (tertiary alicyclic amines) is 1. The summed E-state index contributed by atoms with van der Waals surface area (Å²) < 4.78 is 18.6. The van der Waals surface area contributed by atoms with Crippen LogP contribution in [0.1, 0.15) is 37.2 Å². The molecule has 0 unspecified atom stereocenters. The zero-order valence-corrected chi connectivity index (χ0v) is 17.6. The van der Waals surface area contributed by atoms with Crippen LogP contribution in [0.5, 0.6) is 5.75 Å². The first-order valence-corrected chi connectivity index (χ1v) is 10.9. The van der Waals surface area contributed by atoms with E-state index in [9.17, 15) is 9.18 Å². The predicted octanol–water partition coefficient (Wildman–Crippen LogP) is 4.25. The molecule has 2 heterocycles. The Morgan fingerprint density at radius 1 is 1.17 bits per heavy atom. The number of hydrogen-bond acceptors (Lipinski definition) is 4. The molecule has 2 aromatic rings. The number of halogens is 1. The van der Waals surface area contributed by atoms with Crippen molar-refractivity contribution in [3.05, 3.63) is 53.8 Å². The molecular weight excluding hydrogens is 381 g/mol. The molecule has 4 rings (SSSR count). The van der Waals surface area contributed by atoms with Crippen molar-refractivity contribution in [1.29, 1.82) is 0 Å². The third kappa shape index (κ3) is 4.75. The van der Waals surface area contributed by atoms with Crippen LogP contribution in [0.4, 0.5) is 15.8 Å². The molecule has 0 aromatic heterocycles. The molecule has 0 saturated carbocycles. The van der Waals surface area contributed by atoms with E-state index in [0.717, 1.165) is 49.6 Å². The van der Waals surface area contributed by atoms with Gasteiger partial charge in [0.1, 0.15) is 11.6 Å². The molecule has 6 heteroatoms. The van der Waals surface area contributed by atoms with Crippen molar-refractivity contribution >= 4 is 17.3 Å². The van der Waals surface area contributed by atoms with Gasteiger partial charge in [-0.2, -0.15) is 0 Å². The number of para-hydroxylation sites is 1. The van der Waals surface area contributed by atoms with Gasteiger partial charge in [0, 0.05) is 13.6 Å². The van der Waals surface area contributed by atoms with Crippen molar-refractivity contribution in [2.45, 2.75) is 31.6 Å². The van der Waals surface area contributed by atoms with Gasteiger partial charge in [0.25, 0.3) is 0 Å². The van der Waals surface area contributed by atoms with E-state index in [1.54, 1.807) is 17.0 Å². The summed E-state index contributed by atoms with van der Waals surface area (Å²) in [6.07, 6.45) is 4.43. The number of benzene rings is 2. The number of hydrogen-bond donors (Lipinski definition) is 1. The topological polar surface area (TPSA) is 44.8 Å². The number of piperidine rings is 1. The van der Waals surface area contributed by atoms with Crippen LogP contribution < -0.4 is 15.0 Å². The van der Waals surface area contributed by atoms with E-state index in [0.29, 0.717) is 19.1 Å². The lowest BCUT2D eigenvalue weighted by Gasteiger charge is -2.36. The summed E-state index contributed by atoms with van der Waals surface area (Å²) in [6.45, 7) is 4.26. The molecule has 1 saturated heterocycles. The molecule has 1 fully saturated rings. The summed E-state index contributed by atoms with van der Waals surface area (Å²) in [7, 11) is 1.85. The normalized spacial score (nSPS) is 19.3. The zero-order chi connectivity index (χ0) is 20.9. The van der Waals surface area contributed by atoms with Crippen molar-refractivity contribution in [2.75, 3.05) is 50.1 Å². The molecule has 1 N–H and O–H groups in total. The minimum absolute atomic E-state index is 0.104. The first-order chi connectivity index (χ1) is 14.6. The number of nitrogens with zero attached hydrogens (tertiary/aromatic N) is 2. The van der Waals surface area contributed by atoms with E-state index < -0.39 is 0 Å². The van der Waals surface area contributed by atoms with Gasteiger partial charge < -0.3 is 19.9 Å². The fourth-order valence-corrected chi connectivity index (χ4v) is 4.46. The van der Waals surface area contributed by atoms with Gasteiger partial charge in [-0.3, -0.25) is 4.79 Å². The van der Waals surface area contributed by atoms with Gasteiger partial charge in [-0.25, -0.2) is 4.39 Å². The molecule has 2 aromatic carbocycles. The highest BCUT2D eigenvalue weighted by molar-refractivity contribution is 6.02. The second-order valence-corrected chi connectivity index (χ2v) is 8.20. The minimum atomic E-state index is -0.241. The smallest absolute Gasteiger partial charge is 0.246 e. The molecule has 0 aliphatic carbocycles. The summed E-state index contributed by atoms with van der Waals surface area (Å²) in [5.74, 6) is 1.07. The van der Waals surface area contributed by atoms with E-state index in [1.807, 2.05) is 13.1 Å². The second-order valence-electron chi connectivity index (χ2n) is 8.20. The van der Waals surface area contributed by atoms with Crippen LogP contribution in [0.3, 0.4) is 0 Å². The van der Waals surface area contributed by atoms with E-state index in [4.69, 9.17) is 4.74 Å². The molecule has 0 bridgehead atoms. The molecule has 0 spiro atoms. The van der Waals surface area contributed by atoms with Crippen LogP contribution in [0, 0.1) is 5.82 Å². The lowest BCUT2D eigenvalue weighted by Crippen LogP contribution is -2.39. The predicted molar refractivity (Wildman–Crippen MR) is 118 cm³/mol. The van der Waals surface area contributed by atoms with E-state index >= 15 is 0 Å².